The highest BCUT2D eigenvalue weighted by atomic mass is 35.6. The van der Waals surface area contributed by atoms with E-state index in [0.29, 0.717) is 18.9 Å². The summed E-state index contributed by atoms with van der Waals surface area (Å²) < 4.78 is 3.35. The van der Waals surface area contributed by atoms with Gasteiger partial charge in [-0.05, 0) is 24.6 Å². The number of morpholine rings is 1. The lowest BCUT2D eigenvalue weighted by Crippen LogP contribution is -2.37. The first-order valence-corrected chi connectivity index (χ1v) is 7.33. The molecule has 0 aliphatic carbocycles. The number of anilines is 2. The molecule has 1 aromatic rings. The molecule has 0 atom stereocenters. The third kappa shape index (κ3) is 3.92. The number of rotatable bonds is 2. The van der Waals surface area contributed by atoms with Crippen molar-refractivity contribution in [2.45, 2.75) is 10.7 Å². The summed E-state index contributed by atoms with van der Waals surface area (Å²) in [5.41, 5.74) is 2.56. The van der Waals surface area contributed by atoms with Gasteiger partial charge in [0.25, 0.3) is 9.70 Å². The van der Waals surface area contributed by atoms with Crippen molar-refractivity contribution in [2.75, 3.05) is 36.5 Å². The molecule has 0 saturated carbocycles. The molecular weight excluding hydrogens is 323 g/mol. The Labute approximate surface area is 132 Å². The summed E-state index contributed by atoms with van der Waals surface area (Å²) in [6, 6.07) is 5.80. The molecule has 4 nitrogen and oxygen atoms in total. The number of halogens is 3. The van der Waals surface area contributed by atoms with E-state index >= 15 is 0 Å². The number of aryl methyl sites for hydroxylation is 1. The second-order valence-corrected chi connectivity index (χ2v) is 6.85. The maximum absolute atomic E-state index is 11.8. The molecule has 110 valence electrons. The molecule has 1 aliphatic heterocycles. The summed E-state index contributed by atoms with van der Waals surface area (Å²) in [6.45, 7) is 4.78. The van der Waals surface area contributed by atoms with Crippen LogP contribution in [0.25, 0.3) is 0 Å². The van der Waals surface area contributed by atoms with Crippen molar-refractivity contribution in [2.24, 2.45) is 0 Å². The Bertz CT molecular complexity index is 497. The highest BCUT2D eigenvalue weighted by Gasteiger charge is 2.31. The molecule has 20 heavy (non-hydrogen) atoms. The molecule has 2 rings (SSSR count). The van der Waals surface area contributed by atoms with E-state index in [1.807, 2.05) is 25.1 Å². The van der Waals surface area contributed by atoms with E-state index in [-0.39, 0.29) is 0 Å². The molecule has 0 radical (unpaired) electrons. The number of nitrogens with one attached hydrogen (secondary N) is 1. The first kappa shape index (κ1) is 15.7. The largest absolute Gasteiger partial charge is 0.378 e. The highest BCUT2D eigenvalue weighted by molar-refractivity contribution is 6.76. The molecule has 0 bridgehead atoms. The van der Waals surface area contributed by atoms with Crippen LogP contribution in [0, 0.1) is 6.92 Å². The first-order chi connectivity index (χ1) is 9.38. The summed E-state index contributed by atoms with van der Waals surface area (Å²) >= 11 is 16.8. The third-order valence-electron chi connectivity index (χ3n) is 3.01. The van der Waals surface area contributed by atoms with E-state index in [9.17, 15) is 4.79 Å². The fourth-order valence-corrected chi connectivity index (χ4v) is 2.16. The minimum atomic E-state index is -1.98. The van der Waals surface area contributed by atoms with Gasteiger partial charge in [-0.3, -0.25) is 4.79 Å². The highest BCUT2D eigenvalue weighted by Crippen LogP contribution is 2.32. The van der Waals surface area contributed by atoms with Crippen LogP contribution in [0.3, 0.4) is 0 Å². The monoisotopic (exact) mass is 336 g/mol. The predicted octanol–water partition coefficient (Wildman–Crippen LogP) is 3.14. The second-order valence-electron chi connectivity index (χ2n) is 4.57. The SMILES string of the molecule is Cc1ccc(N2CCOCC2)c(NC(=O)C(Cl)(Cl)Cl)c1. The molecular formula is C13H15Cl3N2O2. The fourth-order valence-electron chi connectivity index (χ4n) is 2.02. The number of amides is 1. The number of benzene rings is 1. The van der Waals surface area contributed by atoms with Crippen LogP contribution in [-0.4, -0.2) is 36.0 Å². The predicted molar refractivity (Wildman–Crippen MR) is 83.1 cm³/mol. The van der Waals surface area contributed by atoms with Crippen molar-refractivity contribution in [3.63, 3.8) is 0 Å². The van der Waals surface area contributed by atoms with Gasteiger partial charge < -0.3 is 15.0 Å². The minimum absolute atomic E-state index is 0.642. The Kier molecular flexibility index (Phi) is 5.02. The van der Waals surface area contributed by atoms with Gasteiger partial charge in [-0.1, -0.05) is 40.9 Å². The number of hydrogen-bond donors (Lipinski definition) is 1. The van der Waals surface area contributed by atoms with Gasteiger partial charge in [0.15, 0.2) is 0 Å². The Balaban J connectivity index is 2.26. The Hall–Kier alpha value is -0.680. The Morgan fingerprint density at radius 2 is 1.95 bits per heavy atom. The van der Waals surface area contributed by atoms with Crippen LogP contribution in [-0.2, 0) is 9.53 Å². The minimum Gasteiger partial charge on any atom is -0.378 e. The summed E-state index contributed by atoms with van der Waals surface area (Å²) in [6.07, 6.45) is 0. The number of hydrogen-bond acceptors (Lipinski definition) is 3. The zero-order valence-electron chi connectivity index (χ0n) is 11.0. The van der Waals surface area contributed by atoms with Crippen LogP contribution in [0.4, 0.5) is 11.4 Å². The van der Waals surface area contributed by atoms with Crippen LogP contribution in [0.2, 0.25) is 0 Å². The first-order valence-electron chi connectivity index (χ1n) is 6.19. The lowest BCUT2D eigenvalue weighted by atomic mass is 10.1. The van der Waals surface area contributed by atoms with E-state index < -0.39 is 9.70 Å². The van der Waals surface area contributed by atoms with Crippen molar-refractivity contribution >= 4 is 52.1 Å². The zero-order chi connectivity index (χ0) is 14.8. The summed E-state index contributed by atoms with van der Waals surface area (Å²) in [4.78, 5) is 14.0. The maximum Gasteiger partial charge on any atom is 0.276 e. The third-order valence-corrected chi connectivity index (χ3v) is 3.52. The van der Waals surface area contributed by atoms with E-state index in [4.69, 9.17) is 39.5 Å². The summed E-state index contributed by atoms with van der Waals surface area (Å²) in [7, 11) is 0. The summed E-state index contributed by atoms with van der Waals surface area (Å²) in [5.74, 6) is -0.664. The fraction of sp³-hybridized carbons (Fsp3) is 0.462. The molecule has 0 aromatic heterocycles. The van der Waals surface area contributed by atoms with Gasteiger partial charge >= 0.3 is 0 Å². The second kappa shape index (κ2) is 6.39. The van der Waals surface area contributed by atoms with Crippen LogP contribution in [0.1, 0.15) is 5.56 Å². The molecule has 1 N–H and O–H groups in total. The number of ether oxygens (including phenoxy) is 1. The quantitative estimate of drug-likeness (QED) is 0.843. The number of carbonyl (C=O) groups is 1. The van der Waals surface area contributed by atoms with Gasteiger partial charge in [-0.25, -0.2) is 0 Å². The molecule has 1 aliphatic rings. The lowest BCUT2D eigenvalue weighted by Gasteiger charge is -2.31. The summed E-state index contributed by atoms with van der Waals surface area (Å²) in [5, 5.41) is 2.67. The van der Waals surface area contributed by atoms with Gasteiger partial charge in [0.1, 0.15) is 0 Å². The number of alkyl halides is 3. The van der Waals surface area contributed by atoms with Crippen LogP contribution < -0.4 is 10.2 Å². The van der Waals surface area contributed by atoms with E-state index in [2.05, 4.69) is 10.2 Å². The average molecular weight is 338 g/mol. The molecule has 1 fully saturated rings. The topological polar surface area (TPSA) is 41.6 Å². The van der Waals surface area contributed by atoms with Crippen LogP contribution in [0.5, 0.6) is 0 Å². The van der Waals surface area contributed by atoms with Gasteiger partial charge in [0.2, 0.25) is 0 Å². The lowest BCUT2D eigenvalue weighted by molar-refractivity contribution is -0.115. The smallest absolute Gasteiger partial charge is 0.276 e. The van der Waals surface area contributed by atoms with Crippen molar-refractivity contribution in [3.05, 3.63) is 23.8 Å². The van der Waals surface area contributed by atoms with Crippen LogP contribution in [0.15, 0.2) is 18.2 Å². The molecule has 1 amide bonds. The van der Waals surface area contributed by atoms with Gasteiger partial charge in [-0.15, -0.1) is 0 Å². The van der Waals surface area contributed by atoms with E-state index in [1.165, 1.54) is 0 Å². The maximum atomic E-state index is 11.8. The normalized spacial score (nSPS) is 16.1. The van der Waals surface area contributed by atoms with Gasteiger partial charge in [0, 0.05) is 13.1 Å². The average Bonchev–Trinajstić information content (AvgIpc) is 2.39. The molecule has 1 saturated heterocycles. The molecule has 1 heterocycles. The van der Waals surface area contributed by atoms with Crippen molar-refractivity contribution in [1.82, 2.24) is 0 Å². The number of nitrogens with zero attached hydrogens (tertiary/aromatic N) is 1. The van der Waals surface area contributed by atoms with Crippen molar-refractivity contribution < 1.29 is 9.53 Å². The molecule has 0 spiro atoms. The Morgan fingerprint density at radius 3 is 2.55 bits per heavy atom. The van der Waals surface area contributed by atoms with Crippen molar-refractivity contribution in [3.8, 4) is 0 Å². The van der Waals surface area contributed by atoms with Crippen LogP contribution >= 0.6 is 34.8 Å². The number of carbonyl (C=O) groups excluding carboxylic acids is 1. The van der Waals surface area contributed by atoms with E-state index in [0.717, 1.165) is 24.3 Å². The standard InChI is InChI=1S/C13H15Cl3N2O2/c1-9-2-3-11(18-4-6-20-7-5-18)10(8-9)17-12(19)13(14,15)16/h2-3,8H,4-7H2,1H3,(H,17,19). The van der Waals surface area contributed by atoms with Gasteiger partial charge in [-0.2, -0.15) is 0 Å². The zero-order valence-corrected chi connectivity index (χ0v) is 13.2. The molecule has 1 aromatic carbocycles. The van der Waals surface area contributed by atoms with Gasteiger partial charge in [0.05, 0.1) is 24.6 Å². The van der Waals surface area contributed by atoms with Crippen molar-refractivity contribution in [1.29, 1.82) is 0 Å². The molecule has 7 heteroatoms. The van der Waals surface area contributed by atoms with E-state index in [1.54, 1.807) is 0 Å². The Morgan fingerprint density at radius 1 is 1.30 bits per heavy atom. The molecule has 0 unspecified atom stereocenters.